The second kappa shape index (κ2) is 7.93. The highest BCUT2D eigenvalue weighted by atomic mass is 32.1. The Labute approximate surface area is 197 Å². The fraction of sp³-hybridized carbons (Fsp3) is 0.440. The Kier molecular flexibility index (Phi) is 5.13. The summed E-state index contributed by atoms with van der Waals surface area (Å²) in [6, 6.07) is 7.75. The van der Waals surface area contributed by atoms with Crippen LogP contribution in [0.5, 0.6) is 5.75 Å². The van der Waals surface area contributed by atoms with Crippen molar-refractivity contribution in [2.75, 3.05) is 13.8 Å². The maximum absolute atomic E-state index is 12.2. The van der Waals surface area contributed by atoms with Crippen LogP contribution in [-0.4, -0.2) is 28.6 Å². The molecular formula is C25H27N2O4PS. The molecule has 6 nitrogen and oxygen atoms in total. The summed E-state index contributed by atoms with van der Waals surface area (Å²) in [5.74, 6) is 4.12. The number of rotatable bonds is 5. The largest absolute Gasteiger partial charge is 0.496 e. The van der Waals surface area contributed by atoms with Crippen LogP contribution in [0.1, 0.15) is 37.7 Å². The molecule has 0 radical (unpaired) electrons. The average molecular weight is 483 g/mol. The van der Waals surface area contributed by atoms with Crippen molar-refractivity contribution in [3.05, 3.63) is 47.8 Å². The zero-order valence-electron chi connectivity index (χ0n) is 18.7. The quantitative estimate of drug-likeness (QED) is 0.336. The number of methoxy groups -OCH3 is 1. The Hall–Kier alpha value is -2.21. The predicted molar refractivity (Wildman–Crippen MR) is 130 cm³/mol. The smallest absolute Gasteiger partial charge is 0.373 e. The van der Waals surface area contributed by atoms with Crippen molar-refractivity contribution >= 4 is 34.9 Å². The van der Waals surface area contributed by atoms with Gasteiger partial charge in [-0.2, -0.15) is 0 Å². The van der Waals surface area contributed by atoms with Gasteiger partial charge >= 0.3 is 7.60 Å². The van der Waals surface area contributed by atoms with E-state index in [2.05, 4.69) is 11.1 Å². The lowest BCUT2D eigenvalue weighted by Crippen LogP contribution is -2.40. The molecule has 33 heavy (non-hydrogen) atoms. The van der Waals surface area contributed by atoms with Gasteiger partial charge in [-0.3, -0.25) is 4.98 Å². The third-order valence-corrected chi connectivity index (χ3v) is 8.97. The molecule has 4 bridgehead atoms. The first-order valence-electron chi connectivity index (χ1n) is 11.5. The van der Waals surface area contributed by atoms with E-state index < -0.39 is 7.60 Å². The number of hydrogen-bond acceptors (Lipinski definition) is 6. The van der Waals surface area contributed by atoms with Crippen LogP contribution in [0.25, 0.3) is 26.5 Å². The van der Waals surface area contributed by atoms with Crippen LogP contribution in [0.3, 0.4) is 0 Å². The molecule has 1 unspecified atom stereocenters. The van der Waals surface area contributed by atoms with Gasteiger partial charge in [0.15, 0.2) is 5.75 Å². The summed E-state index contributed by atoms with van der Waals surface area (Å²) in [5.41, 5.74) is 3.83. The molecule has 1 aromatic carbocycles. The number of nitrogens with zero attached hydrogens (tertiary/aromatic N) is 2. The van der Waals surface area contributed by atoms with Crippen molar-refractivity contribution in [1.29, 1.82) is 0 Å². The highest BCUT2D eigenvalue weighted by Gasteiger charge is 2.46. The summed E-state index contributed by atoms with van der Waals surface area (Å²) in [6.45, 7) is 1.20. The van der Waals surface area contributed by atoms with E-state index >= 15 is 0 Å². The number of thiazole rings is 1. The van der Waals surface area contributed by atoms with Crippen LogP contribution in [0.15, 0.2) is 42.2 Å². The van der Waals surface area contributed by atoms with E-state index in [0.29, 0.717) is 23.1 Å². The van der Waals surface area contributed by atoms with Crippen molar-refractivity contribution in [3.8, 4) is 16.3 Å². The molecule has 3 aromatic rings. The van der Waals surface area contributed by atoms with Crippen LogP contribution in [-0.2, 0) is 9.30 Å². The van der Waals surface area contributed by atoms with Crippen LogP contribution in [0.2, 0.25) is 0 Å². The Morgan fingerprint density at radius 1 is 1.15 bits per heavy atom. The molecular weight excluding hydrogens is 455 g/mol. The number of hydrogen-bond donors (Lipinski definition) is 1. The van der Waals surface area contributed by atoms with Crippen molar-refractivity contribution < 1.29 is 18.7 Å². The summed E-state index contributed by atoms with van der Waals surface area (Å²) < 4.78 is 24.7. The van der Waals surface area contributed by atoms with Gasteiger partial charge in [-0.1, -0.05) is 0 Å². The van der Waals surface area contributed by atoms with E-state index in [-0.39, 0.29) is 0 Å². The minimum Gasteiger partial charge on any atom is -0.496 e. The van der Waals surface area contributed by atoms with E-state index in [9.17, 15) is 9.46 Å². The molecule has 0 saturated heterocycles. The number of benzene rings is 1. The topological polar surface area (TPSA) is 81.5 Å². The lowest BCUT2D eigenvalue weighted by atomic mass is 9.54. The molecule has 4 fully saturated rings. The summed E-state index contributed by atoms with van der Waals surface area (Å²) >= 11 is 1.53. The highest BCUT2D eigenvalue weighted by Crippen LogP contribution is 2.58. The van der Waals surface area contributed by atoms with E-state index in [1.54, 1.807) is 19.5 Å². The zero-order valence-corrected chi connectivity index (χ0v) is 20.4. The predicted octanol–water partition coefficient (Wildman–Crippen LogP) is 6.37. The number of allylic oxidation sites excluding steroid dienone is 1. The van der Waals surface area contributed by atoms with Gasteiger partial charge in [0, 0.05) is 30.2 Å². The molecule has 172 valence electrons. The van der Waals surface area contributed by atoms with E-state index in [1.165, 1.54) is 55.7 Å². The van der Waals surface area contributed by atoms with Gasteiger partial charge in [-0.05, 0) is 85.6 Å². The van der Waals surface area contributed by atoms with Crippen LogP contribution < -0.4 is 4.52 Å². The van der Waals surface area contributed by atoms with Crippen LogP contribution in [0.4, 0.5) is 0 Å². The molecule has 8 heteroatoms. The van der Waals surface area contributed by atoms with Crippen molar-refractivity contribution in [1.82, 2.24) is 9.97 Å². The second-order valence-corrected chi connectivity index (χ2v) is 12.6. The minimum absolute atomic E-state index is 0.321. The standard InChI is InChI=1S/C25H27N2O4PS/c1-30-24(22-17-7-14-6-15(9-17)10-18(22)8-14)19-11-20(31-32(2,28)29)23-21(12-19)33-25(27-23)16-4-3-5-26-13-16/h3-5,11-15,17-18H,6-10H2,1-2H3,(H,28,29). The second-order valence-electron chi connectivity index (χ2n) is 9.77. The van der Waals surface area contributed by atoms with Crippen LogP contribution >= 0.6 is 18.9 Å². The summed E-state index contributed by atoms with van der Waals surface area (Å²) in [5, 5.41) is 0.796. The summed E-state index contributed by atoms with van der Waals surface area (Å²) in [6.07, 6.45) is 9.92. The lowest BCUT2D eigenvalue weighted by Gasteiger charge is -2.51. The minimum atomic E-state index is -3.77. The van der Waals surface area contributed by atoms with Crippen molar-refractivity contribution in [3.63, 3.8) is 0 Å². The first kappa shape index (κ1) is 21.3. The molecule has 1 atom stereocenters. The van der Waals surface area contributed by atoms with Gasteiger partial charge in [0.2, 0.25) is 0 Å². The molecule has 7 rings (SSSR count). The Balaban J connectivity index is 1.51. The third-order valence-electron chi connectivity index (χ3n) is 7.38. The maximum Gasteiger partial charge on any atom is 0.373 e. The van der Waals surface area contributed by atoms with E-state index in [1.807, 2.05) is 18.2 Å². The Morgan fingerprint density at radius 2 is 1.88 bits per heavy atom. The first-order chi connectivity index (χ1) is 15.9. The highest BCUT2D eigenvalue weighted by molar-refractivity contribution is 7.52. The van der Waals surface area contributed by atoms with Gasteiger partial charge in [0.1, 0.15) is 16.3 Å². The van der Waals surface area contributed by atoms with E-state index in [4.69, 9.17) is 14.2 Å². The normalized spacial score (nSPS) is 27.5. The van der Waals surface area contributed by atoms with Gasteiger partial charge in [-0.15, -0.1) is 11.3 Å². The van der Waals surface area contributed by atoms with Crippen molar-refractivity contribution in [2.24, 2.45) is 23.7 Å². The molecule has 0 amide bonds. The molecule has 4 aliphatic carbocycles. The summed E-state index contributed by atoms with van der Waals surface area (Å²) in [4.78, 5) is 19.0. The molecule has 1 N–H and O–H groups in total. The monoisotopic (exact) mass is 482 g/mol. The fourth-order valence-electron chi connectivity index (χ4n) is 6.46. The first-order valence-corrected chi connectivity index (χ1v) is 14.4. The number of ether oxygens (including phenoxy) is 1. The molecule has 4 aliphatic rings. The fourth-order valence-corrected chi connectivity index (χ4v) is 7.98. The van der Waals surface area contributed by atoms with E-state index in [0.717, 1.165) is 38.4 Å². The number of fused-ring (bicyclic) bond motifs is 1. The van der Waals surface area contributed by atoms with Gasteiger partial charge in [0.05, 0.1) is 11.8 Å². The molecule has 2 aromatic heterocycles. The van der Waals surface area contributed by atoms with Crippen LogP contribution in [0, 0.1) is 23.7 Å². The molecule has 0 spiro atoms. The molecule has 0 aliphatic heterocycles. The Morgan fingerprint density at radius 3 is 2.48 bits per heavy atom. The van der Waals surface area contributed by atoms with Crippen molar-refractivity contribution in [2.45, 2.75) is 32.1 Å². The molecule has 4 saturated carbocycles. The van der Waals surface area contributed by atoms with Gasteiger partial charge in [-0.25, -0.2) is 9.55 Å². The lowest BCUT2D eigenvalue weighted by molar-refractivity contribution is 0.0675. The Bertz CT molecular complexity index is 1270. The number of pyridine rings is 1. The maximum atomic E-state index is 12.2. The average Bonchev–Trinajstić information content (AvgIpc) is 3.20. The SMILES string of the molecule is COC(=C1C2CC3CC(C2)CC1C3)c1cc(OP(C)(=O)O)c2nc(-c3cccnc3)sc2c1. The number of aromatic nitrogens is 2. The molecule has 2 heterocycles. The zero-order chi connectivity index (χ0) is 22.7. The summed E-state index contributed by atoms with van der Waals surface area (Å²) in [7, 11) is -2.03. The van der Waals surface area contributed by atoms with Gasteiger partial charge < -0.3 is 14.2 Å². The van der Waals surface area contributed by atoms with Gasteiger partial charge in [0.25, 0.3) is 0 Å². The third kappa shape index (κ3) is 3.90.